The molecule has 3 aromatic rings. The number of hydrogen-bond acceptors (Lipinski definition) is 3. The van der Waals surface area contributed by atoms with E-state index in [1.165, 1.54) is 24.3 Å². The molecule has 0 bridgehead atoms. The van der Waals surface area contributed by atoms with Crippen LogP contribution in [0.25, 0.3) is 10.9 Å². The van der Waals surface area contributed by atoms with Crippen LogP contribution in [0.2, 0.25) is 0 Å². The maximum Gasteiger partial charge on any atom is 0.146 e. The van der Waals surface area contributed by atoms with Gasteiger partial charge in [-0.15, -0.1) is 0 Å². The van der Waals surface area contributed by atoms with Crippen LogP contribution in [0.3, 0.4) is 0 Å². The number of nitrogens with zero attached hydrogens (tertiary/aromatic N) is 2. The highest BCUT2D eigenvalue weighted by atomic mass is 19.1. The van der Waals surface area contributed by atoms with Gasteiger partial charge in [-0.2, -0.15) is 0 Å². The smallest absolute Gasteiger partial charge is 0.146 e. The molecule has 0 fully saturated rings. The summed E-state index contributed by atoms with van der Waals surface area (Å²) in [5.74, 6) is -0.297. The molecule has 134 valence electrons. The number of pyridine rings is 1. The minimum absolute atomic E-state index is 0.0337. The number of amidine groups is 2. The second-order valence-corrected chi connectivity index (χ2v) is 5.92. The van der Waals surface area contributed by atoms with E-state index in [4.69, 9.17) is 16.6 Å². The summed E-state index contributed by atoms with van der Waals surface area (Å²) < 4.78 is 13.6. The quantitative estimate of drug-likeness (QED) is 0.476. The number of fused-ring (bicyclic) bond motifs is 1. The first-order chi connectivity index (χ1) is 13.0. The zero-order valence-corrected chi connectivity index (χ0v) is 14.5. The Morgan fingerprint density at radius 1 is 1.07 bits per heavy atom. The van der Waals surface area contributed by atoms with E-state index in [1.54, 1.807) is 18.3 Å². The highest BCUT2D eigenvalue weighted by Crippen LogP contribution is 2.13. The Labute approximate surface area is 156 Å². The number of nitrogens with one attached hydrogen (secondary N) is 2. The summed E-state index contributed by atoms with van der Waals surface area (Å²) in [6, 6.07) is 15.7. The lowest BCUT2D eigenvalue weighted by molar-refractivity contribution is 0.625. The molecule has 2 aromatic carbocycles. The first-order valence-electron chi connectivity index (χ1n) is 8.30. The van der Waals surface area contributed by atoms with Crippen molar-refractivity contribution in [2.45, 2.75) is 6.42 Å². The summed E-state index contributed by atoms with van der Waals surface area (Å²) in [4.78, 5) is 8.30. The fourth-order valence-corrected chi connectivity index (χ4v) is 2.61. The van der Waals surface area contributed by atoms with Crippen LogP contribution in [-0.2, 0) is 6.42 Å². The number of halogens is 1. The van der Waals surface area contributed by atoms with Crippen LogP contribution in [0.1, 0.15) is 11.1 Å². The second kappa shape index (κ2) is 8.14. The molecule has 1 heterocycles. The van der Waals surface area contributed by atoms with Crippen LogP contribution in [0.15, 0.2) is 77.9 Å². The molecule has 0 amide bonds. The van der Waals surface area contributed by atoms with Crippen molar-refractivity contribution in [3.63, 3.8) is 0 Å². The van der Waals surface area contributed by atoms with Gasteiger partial charge in [0.15, 0.2) is 0 Å². The van der Waals surface area contributed by atoms with Gasteiger partial charge < -0.3 is 11.1 Å². The van der Waals surface area contributed by atoms with E-state index in [2.05, 4.69) is 9.98 Å². The van der Waals surface area contributed by atoms with Crippen LogP contribution in [0.4, 0.5) is 4.39 Å². The molecule has 0 saturated carbocycles. The van der Waals surface area contributed by atoms with Crippen molar-refractivity contribution >= 4 is 28.3 Å². The van der Waals surface area contributed by atoms with Crippen molar-refractivity contribution in [2.75, 3.05) is 0 Å². The lowest BCUT2D eigenvalue weighted by Gasteiger charge is -2.03. The summed E-state index contributed by atoms with van der Waals surface area (Å²) in [6.07, 6.45) is 4.79. The zero-order chi connectivity index (χ0) is 19.2. The van der Waals surface area contributed by atoms with Gasteiger partial charge in [-0.25, -0.2) is 9.38 Å². The summed E-state index contributed by atoms with van der Waals surface area (Å²) in [6.45, 7) is 0. The molecular formula is C21H18FN5. The molecule has 27 heavy (non-hydrogen) atoms. The molecule has 0 aliphatic carbocycles. The molecule has 0 aliphatic rings. The Bertz CT molecular complexity index is 1070. The van der Waals surface area contributed by atoms with Crippen LogP contribution >= 0.6 is 0 Å². The molecule has 0 unspecified atom stereocenters. The average Bonchev–Trinajstić information content (AvgIpc) is 2.66. The molecule has 1 aromatic heterocycles. The van der Waals surface area contributed by atoms with Crippen molar-refractivity contribution in [3.05, 3.63) is 89.9 Å². The van der Waals surface area contributed by atoms with Crippen molar-refractivity contribution in [1.82, 2.24) is 4.98 Å². The van der Waals surface area contributed by atoms with E-state index < -0.39 is 5.82 Å². The van der Waals surface area contributed by atoms with Gasteiger partial charge in [0.2, 0.25) is 0 Å². The van der Waals surface area contributed by atoms with Crippen molar-refractivity contribution in [1.29, 1.82) is 10.8 Å². The van der Waals surface area contributed by atoms with Gasteiger partial charge in [-0.1, -0.05) is 24.3 Å². The van der Waals surface area contributed by atoms with E-state index >= 15 is 0 Å². The number of nitrogens with two attached hydrogens (primary N) is 1. The number of rotatable bonds is 5. The standard InChI is InChI=1S/C21H18FN5/c22-17-6-2-1-5-16(17)18(23)8-10-20(24)27-21(25)13-14-7-9-19-15(12-14)4-3-11-26-19/h1-12,23H,13H2,(H3,24,25,27)/b10-8-,23-18?. The molecule has 6 heteroatoms. The Morgan fingerprint density at radius 2 is 1.89 bits per heavy atom. The first kappa shape index (κ1) is 18.1. The Hall–Kier alpha value is -3.67. The van der Waals surface area contributed by atoms with Gasteiger partial charge in [-0.05, 0) is 48.0 Å². The van der Waals surface area contributed by atoms with E-state index in [-0.39, 0.29) is 22.9 Å². The molecular weight excluding hydrogens is 341 g/mol. The predicted molar refractivity (Wildman–Crippen MR) is 107 cm³/mol. The average molecular weight is 359 g/mol. The van der Waals surface area contributed by atoms with Gasteiger partial charge in [0.25, 0.3) is 0 Å². The SMILES string of the molecule is N=C(/C=C\C(=N)c1ccccc1F)N=C(N)Cc1ccc2ncccc2c1. The monoisotopic (exact) mass is 359 g/mol. The highest BCUT2D eigenvalue weighted by molar-refractivity contribution is 6.11. The maximum atomic E-state index is 13.6. The molecule has 0 radical (unpaired) electrons. The molecule has 5 nitrogen and oxygen atoms in total. The summed E-state index contributed by atoms with van der Waals surface area (Å²) in [5, 5.41) is 16.8. The number of benzene rings is 2. The third-order valence-corrected chi connectivity index (χ3v) is 3.89. The zero-order valence-electron chi connectivity index (χ0n) is 14.5. The molecule has 4 N–H and O–H groups in total. The van der Waals surface area contributed by atoms with E-state index in [1.807, 2.05) is 30.3 Å². The third kappa shape index (κ3) is 4.70. The van der Waals surface area contributed by atoms with Crippen LogP contribution in [0.5, 0.6) is 0 Å². The van der Waals surface area contributed by atoms with Gasteiger partial charge in [0.05, 0.1) is 11.2 Å². The number of allylic oxidation sites excluding steroid dienone is 1. The van der Waals surface area contributed by atoms with Crippen LogP contribution in [0, 0.1) is 16.6 Å². The Kier molecular flexibility index (Phi) is 5.47. The molecule has 0 saturated heterocycles. The number of aromatic nitrogens is 1. The minimum atomic E-state index is -0.479. The first-order valence-corrected chi connectivity index (χ1v) is 8.30. The summed E-state index contributed by atoms with van der Waals surface area (Å²) >= 11 is 0. The number of aliphatic imine (C=N–C) groups is 1. The van der Waals surface area contributed by atoms with Crippen molar-refractivity contribution in [3.8, 4) is 0 Å². The third-order valence-electron chi connectivity index (χ3n) is 3.89. The lowest BCUT2D eigenvalue weighted by Crippen LogP contribution is -2.16. The molecule has 0 spiro atoms. The van der Waals surface area contributed by atoms with Crippen molar-refractivity contribution in [2.24, 2.45) is 10.7 Å². The lowest BCUT2D eigenvalue weighted by atomic mass is 10.1. The Balaban J connectivity index is 1.67. The van der Waals surface area contributed by atoms with Crippen LogP contribution in [-0.4, -0.2) is 22.4 Å². The van der Waals surface area contributed by atoms with Crippen LogP contribution < -0.4 is 5.73 Å². The largest absolute Gasteiger partial charge is 0.387 e. The fraction of sp³-hybridized carbons (Fsp3) is 0.0476. The van der Waals surface area contributed by atoms with Crippen molar-refractivity contribution < 1.29 is 4.39 Å². The van der Waals surface area contributed by atoms with E-state index in [0.717, 1.165) is 16.5 Å². The second-order valence-electron chi connectivity index (χ2n) is 5.92. The summed E-state index contributed by atoms with van der Waals surface area (Å²) in [7, 11) is 0. The molecule has 0 aliphatic heterocycles. The summed E-state index contributed by atoms with van der Waals surface area (Å²) in [5.41, 5.74) is 7.94. The minimum Gasteiger partial charge on any atom is -0.387 e. The predicted octanol–water partition coefficient (Wildman–Crippen LogP) is 3.88. The Morgan fingerprint density at radius 3 is 2.70 bits per heavy atom. The molecule has 0 atom stereocenters. The fourth-order valence-electron chi connectivity index (χ4n) is 2.61. The topological polar surface area (TPSA) is 99.0 Å². The maximum absolute atomic E-state index is 13.6. The van der Waals surface area contributed by atoms with Gasteiger partial charge in [0, 0.05) is 23.6 Å². The van der Waals surface area contributed by atoms with E-state index in [9.17, 15) is 4.39 Å². The number of hydrogen-bond donors (Lipinski definition) is 3. The van der Waals surface area contributed by atoms with Gasteiger partial charge >= 0.3 is 0 Å². The highest BCUT2D eigenvalue weighted by Gasteiger charge is 2.04. The van der Waals surface area contributed by atoms with E-state index in [0.29, 0.717) is 6.42 Å². The normalized spacial score (nSPS) is 11.8. The van der Waals surface area contributed by atoms with Gasteiger partial charge in [-0.3, -0.25) is 10.4 Å². The molecule has 3 rings (SSSR count). The van der Waals surface area contributed by atoms with Gasteiger partial charge in [0.1, 0.15) is 17.5 Å².